The van der Waals surface area contributed by atoms with E-state index in [0.29, 0.717) is 19.3 Å². The number of hydrogen-bond acceptors (Lipinski definition) is 2. The largest absolute Gasteiger partial charge is 0.393 e. The molecular weight excluding hydrogens is 190 g/mol. The summed E-state index contributed by atoms with van der Waals surface area (Å²) in [5, 5.41) is 9.31. The summed E-state index contributed by atoms with van der Waals surface area (Å²) in [6.45, 7) is 1.35. The van der Waals surface area contributed by atoms with Gasteiger partial charge in [0.1, 0.15) is 6.61 Å². The first-order valence-electron chi connectivity index (χ1n) is 4.60. The molecule has 0 rings (SSSR count). The number of aliphatic hydroxyl groups is 1. The maximum atomic E-state index is 11.6. The fourth-order valence-corrected chi connectivity index (χ4v) is 0.900. The molecule has 1 N–H and O–H groups in total. The lowest BCUT2D eigenvalue weighted by Crippen LogP contribution is -2.12. The van der Waals surface area contributed by atoms with Gasteiger partial charge in [-0.3, -0.25) is 0 Å². The first-order chi connectivity index (χ1) is 6.66. The van der Waals surface area contributed by atoms with Gasteiger partial charge < -0.3 is 9.84 Å². The molecule has 2 nitrogen and oxygen atoms in total. The predicted octanol–water partition coefficient (Wildman–Crippen LogP) is 1.82. The monoisotopic (exact) mass is 206 g/mol. The van der Waals surface area contributed by atoms with Crippen LogP contribution < -0.4 is 0 Å². The number of ether oxygens (including phenoxy) is 1. The number of aliphatic hydroxyl groups excluding tert-OH is 1. The SMILES string of the molecule is CC#CCCC(O)CCOCC(F)F. The molecular formula is C10H16F2O2. The Morgan fingerprint density at radius 3 is 2.64 bits per heavy atom. The molecule has 0 heterocycles. The Morgan fingerprint density at radius 2 is 2.07 bits per heavy atom. The van der Waals surface area contributed by atoms with Crippen LogP contribution >= 0.6 is 0 Å². The summed E-state index contributed by atoms with van der Waals surface area (Å²) >= 11 is 0. The van der Waals surface area contributed by atoms with Crippen LogP contribution in [0.4, 0.5) is 8.78 Å². The molecule has 0 spiro atoms. The van der Waals surface area contributed by atoms with E-state index in [1.54, 1.807) is 6.92 Å². The minimum Gasteiger partial charge on any atom is -0.393 e. The van der Waals surface area contributed by atoms with Crippen molar-refractivity contribution in [3.05, 3.63) is 0 Å². The van der Waals surface area contributed by atoms with Crippen LogP contribution in [0.2, 0.25) is 0 Å². The van der Waals surface area contributed by atoms with Gasteiger partial charge in [-0.1, -0.05) is 0 Å². The van der Waals surface area contributed by atoms with Gasteiger partial charge in [0.15, 0.2) is 0 Å². The van der Waals surface area contributed by atoms with E-state index in [1.165, 1.54) is 0 Å². The second-order valence-electron chi connectivity index (χ2n) is 2.87. The summed E-state index contributed by atoms with van der Waals surface area (Å²) in [5.74, 6) is 5.53. The van der Waals surface area contributed by atoms with Gasteiger partial charge in [-0.15, -0.1) is 11.8 Å². The highest BCUT2D eigenvalue weighted by Crippen LogP contribution is 2.02. The zero-order chi connectivity index (χ0) is 10.8. The molecule has 14 heavy (non-hydrogen) atoms. The highest BCUT2D eigenvalue weighted by molar-refractivity contribution is 4.94. The molecule has 0 aromatic carbocycles. The standard InChI is InChI=1S/C10H16F2O2/c1-2-3-4-5-9(13)6-7-14-8-10(11)12/h9-10,13H,4-8H2,1H3. The van der Waals surface area contributed by atoms with E-state index in [2.05, 4.69) is 16.6 Å². The minimum absolute atomic E-state index is 0.172. The average Bonchev–Trinajstić information content (AvgIpc) is 2.13. The first kappa shape index (κ1) is 13.3. The summed E-state index contributed by atoms with van der Waals surface area (Å²) < 4.78 is 27.8. The van der Waals surface area contributed by atoms with Crippen molar-refractivity contribution in [2.45, 2.75) is 38.7 Å². The smallest absolute Gasteiger partial charge is 0.261 e. The Labute approximate surface area is 83.3 Å². The summed E-state index contributed by atoms with van der Waals surface area (Å²) in [4.78, 5) is 0. The summed E-state index contributed by atoms with van der Waals surface area (Å²) in [6.07, 6.45) is -1.35. The Hall–Kier alpha value is -0.660. The van der Waals surface area contributed by atoms with E-state index in [0.717, 1.165) is 0 Å². The lowest BCUT2D eigenvalue weighted by molar-refractivity contribution is 0.00441. The van der Waals surface area contributed by atoms with Crippen molar-refractivity contribution < 1.29 is 18.6 Å². The summed E-state index contributed by atoms with van der Waals surface area (Å²) in [5.41, 5.74) is 0. The molecule has 1 atom stereocenters. The fraction of sp³-hybridized carbons (Fsp3) is 0.800. The van der Waals surface area contributed by atoms with Gasteiger partial charge in [0, 0.05) is 13.0 Å². The molecule has 0 aromatic rings. The van der Waals surface area contributed by atoms with Crippen molar-refractivity contribution in [1.29, 1.82) is 0 Å². The van der Waals surface area contributed by atoms with Crippen molar-refractivity contribution in [3.8, 4) is 11.8 Å². The number of rotatable bonds is 7. The van der Waals surface area contributed by atoms with Crippen LogP contribution in [0.5, 0.6) is 0 Å². The van der Waals surface area contributed by atoms with Crippen LogP contribution in [0.3, 0.4) is 0 Å². The molecule has 0 aliphatic carbocycles. The van der Waals surface area contributed by atoms with Crippen molar-refractivity contribution in [3.63, 3.8) is 0 Å². The van der Waals surface area contributed by atoms with Crippen LogP contribution in [0.1, 0.15) is 26.2 Å². The number of alkyl halides is 2. The Balaban J connectivity index is 3.25. The lowest BCUT2D eigenvalue weighted by Gasteiger charge is -2.08. The van der Waals surface area contributed by atoms with E-state index in [-0.39, 0.29) is 6.61 Å². The zero-order valence-corrected chi connectivity index (χ0v) is 8.30. The molecule has 82 valence electrons. The Morgan fingerprint density at radius 1 is 1.36 bits per heavy atom. The second-order valence-corrected chi connectivity index (χ2v) is 2.87. The molecule has 0 aliphatic rings. The third-order valence-electron chi connectivity index (χ3n) is 1.62. The highest BCUT2D eigenvalue weighted by atomic mass is 19.3. The predicted molar refractivity (Wildman–Crippen MR) is 50.1 cm³/mol. The minimum atomic E-state index is -2.43. The molecule has 4 heteroatoms. The quantitative estimate of drug-likeness (QED) is 0.508. The van der Waals surface area contributed by atoms with E-state index < -0.39 is 19.1 Å². The maximum Gasteiger partial charge on any atom is 0.261 e. The van der Waals surface area contributed by atoms with E-state index in [9.17, 15) is 13.9 Å². The molecule has 0 radical (unpaired) electrons. The summed E-state index contributed by atoms with van der Waals surface area (Å²) in [6, 6.07) is 0. The van der Waals surface area contributed by atoms with E-state index in [4.69, 9.17) is 0 Å². The summed E-state index contributed by atoms with van der Waals surface area (Å²) in [7, 11) is 0. The zero-order valence-electron chi connectivity index (χ0n) is 8.30. The maximum absolute atomic E-state index is 11.6. The van der Waals surface area contributed by atoms with Crippen LogP contribution in [0.25, 0.3) is 0 Å². The first-order valence-corrected chi connectivity index (χ1v) is 4.60. The molecule has 0 bridgehead atoms. The van der Waals surface area contributed by atoms with E-state index >= 15 is 0 Å². The van der Waals surface area contributed by atoms with Crippen LogP contribution in [-0.4, -0.2) is 30.8 Å². The van der Waals surface area contributed by atoms with Gasteiger partial charge >= 0.3 is 0 Å². The fourth-order valence-electron chi connectivity index (χ4n) is 0.900. The third kappa shape index (κ3) is 9.43. The van der Waals surface area contributed by atoms with E-state index in [1.807, 2.05) is 0 Å². The van der Waals surface area contributed by atoms with Crippen LogP contribution in [0, 0.1) is 11.8 Å². The molecule has 0 saturated heterocycles. The van der Waals surface area contributed by atoms with Gasteiger partial charge in [-0.05, 0) is 19.8 Å². The lowest BCUT2D eigenvalue weighted by atomic mass is 10.1. The van der Waals surface area contributed by atoms with Crippen molar-refractivity contribution in [2.75, 3.05) is 13.2 Å². The third-order valence-corrected chi connectivity index (χ3v) is 1.62. The van der Waals surface area contributed by atoms with Crippen molar-refractivity contribution >= 4 is 0 Å². The molecule has 0 amide bonds. The molecule has 0 aliphatic heterocycles. The van der Waals surface area contributed by atoms with Crippen LogP contribution in [-0.2, 0) is 4.74 Å². The van der Waals surface area contributed by atoms with Gasteiger partial charge in [0.2, 0.25) is 0 Å². The van der Waals surface area contributed by atoms with Crippen molar-refractivity contribution in [2.24, 2.45) is 0 Å². The normalized spacial score (nSPS) is 12.4. The van der Waals surface area contributed by atoms with Gasteiger partial charge in [-0.2, -0.15) is 0 Å². The van der Waals surface area contributed by atoms with Crippen molar-refractivity contribution in [1.82, 2.24) is 0 Å². The Bertz CT molecular complexity index is 184. The van der Waals surface area contributed by atoms with Gasteiger partial charge in [0.25, 0.3) is 6.43 Å². The number of halogens is 2. The van der Waals surface area contributed by atoms with Gasteiger partial charge in [-0.25, -0.2) is 8.78 Å². The average molecular weight is 206 g/mol. The molecule has 0 fully saturated rings. The Kier molecular flexibility index (Phi) is 8.50. The molecule has 0 aromatic heterocycles. The number of hydrogen-bond donors (Lipinski definition) is 1. The molecule has 1 unspecified atom stereocenters. The topological polar surface area (TPSA) is 29.5 Å². The van der Waals surface area contributed by atoms with Crippen LogP contribution in [0.15, 0.2) is 0 Å². The van der Waals surface area contributed by atoms with Gasteiger partial charge in [0.05, 0.1) is 6.10 Å². The highest BCUT2D eigenvalue weighted by Gasteiger charge is 2.05. The molecule has 0 saturated carbocycles. The second kappa shape index (κ2) is 8.92.